The van der Waals surface area contributed by atoms with Gasteiger partial charge in [0.05, 0.1) is 6.54 Å². The molecule has 1 fully saturated rings. The first-order chi connectivity index (χ1) is 16.3. The number of amidine groups is 1. The Balaban J connectivity index is 1.48. The van der Waals surface area contributed by atoms with E-state index in [1.54, 1.807) is 18.2 Å². The van der Waals surface area contributed by atoms with Crippen LogP contribution in [0.4, 0.5) is 5.69 Å². The molecule has 0 radical (unpaired) electrons. The lowest BCUT2D eigenvalue weighted by molar-refractivity contribution is -0.123. The fraction of sp³-hybridized carbons (Fsp3) is 0.333. The number of nitrogens with one attached hydrogen (secondary N) is 2. The number of nitrogens with two attached hydrogens (primary N) is 2. The molecule has 2 unspecified atom stereocenters. The summed E-state index contributed by atoms with van der Waals surface area (Å²) in [5, 5.41) is 27.5. The molecule has 1 aliphatic heterocycles. The van der Waals surface area contributed by atoms with Crippen molar-refractivity contribution in [3.05, 3.63) is 82.6 Å². The van der Waals surface area contributed by atoms with Crippen LogP contribution in [0.5, 0.6) is 0 Å². The van der Waals surface area contributed by atoms with E-state index >= 15 is 0 Å². The second-order valence-corrected chi connectivity index (χ2v) is 9.73. The minimum absolute atomic E-state index is 0.0917. The molecule has 1 heterocycles. The maximum Gasteiger partial charge on any atom is 0.233 e. The van der Waals surface area contributed by atoms with Crippen LogP contribution >= 0.6 is 0 Å². The highest BCUT2D eigenvalue weighted by molar-refractivity contribution is 5.97. The summed E-state index contributed by atoms with van der Waals surface area (Å²) in [5.41, 5.74) is 14.4. The summed E-state index contributed by atoms with van der Waals surface area (Å²) in [4.78, 5) is 13.4. The normalized spacial score (nSPS) is 26.2. The first-order valence-corrected chi connectivity index (χ1v) is 11.9. The largest absolute Gasteiger partial charge is 0.627 e. The molecule has 5 rings (SSSR count). The van der Waals surface area contributed by atoms with Gasteiger partial charge in [0.1, 0.15) is 24.0 Å². The van der Waals surface area contributed by atoms with Gasteiger partial charge < -0.3 is 26.6 Å². The number of carbonyl (C=O) groups is 1. The number of hydrogen-bond donors (Lipinski definition) is 4. The van der Waals surface area contributed by atoms with Crippen LogP contribution < -0.4 is 21.4 Å². The number of nitrogens with zero attached hydrogens (tertiary/aromatic N) is 1. The van der Waals surface area contributed by atoms with E-state index in [-0.39, 0.29) is 36.9 Å². The lowest BCUT2D eigenvalue weighted by atomic mass is 9.91. The molecular weight excluding hydrogens is 426 g/mol. The molecule has 2 atom stereocenters. The van der Waals surface area contributed by atoms with E-state index in [4.69, 9.17) is 16.9 Å². The summed E-state index contributed by atoms with van der Waals surface area (Å²) >= 11 is 0. The number of benzene rings is 3. The molecule has 0 bridgehead atoms. The maximum absolute atomic E-state index is 14.4. The van der Waals surface area contributed by atoms with E-state index in [1.807, 2.05) is 42.5 Å². The summed E-state index contributed by atoms with van der Waals surface area (Å²) in [6.07, 6.45) is 3.53. The average molecular weight is 458 g/mol. The predicted molar refractivity (Wildman–Crippen MR) is 136 cm³/mol. The minimum atomic E-state index is -0.655. The standard InChI is InChI=1S/C27H31N5O2/c28-20-9-11-21(12-10-20)31-27(33)24-16-32(34,25-14-18(26(29)30)8-13-23(24)25)15-19-6-3-5-17-4-1-2-7-22(17)19/h1-8,13-14,20-21,24H,9-12,15-16,28H2,(H3,29,30)(H,31,33). The average Bonchev–Trinajstić information content (AvgIpc) is 3.13. The SMILES string of the molecule is N=C(N)c1ccc2c(c1)[N+]([O-])(Cc1cccc3ccccc13)CC2C(=O)NC1CCC(N)CC1. The smallest absolute Gasteiger partial charge is 0.233 e. The number of fused-ring (bicyclic) bond motifs is 2. The summed E-state index contributed by atoms with van der Waals surface area (Å²) < 4.78 is -0.655. The van der Waals surface area contributed by atoms with Gasteiger partial charge in [-0.2, -0.15) is 0 Å². The zero-order chi connectivity index (χ0) is 23.9. The Hall–Kier alpha value is -3.26. The predicted octanol–water partition coefficient (Wildman–Crippen LogP) is 3.61. The molecule has 2 aliphatic rings. The van der Waals surface area contributed by atoms with E-state index in [1.165, 1.54) is 0 Å². The highest BCUT2D eigenvalue weighted by Crippen LogP contribution is 2.44. The Morgan fingerprint density at radius 2 is 1.79 bits per heavy atom. The quantitative estimate of drug-likeness (QED) is 0.202. The number of nitrogen functional groups attached to an aromatic ring is 1. The number of hydroxylamine groups is 2. The number of quaternary nitrogens is 1. The topological polar surface area (TPSA) is 128 Å². The molecule has 3 aromatic carbocycles. The van der Waals surface area contributed by atoms with Gasteiger partial charge >= 0.3 is 0 Å². The molecule has 34 heavy (non-hydrogen) atoms. The van der Waals surface area contributed by atoms with Crippen LogP contribution in [0.2, 0.25) is 0 Å². The molecule has 3 aromatic rings. The fourth-order valence-electron chi connectivity index (χ4n) is 5.50. The van der Waals surface area contributed by atoms with Crippen LogP contribution in [0, 0.1) is 10.6 Å². The van der Waals surface area contributed by atoms with E-state index in [0.29, 0.717) is 11.3 Å². The van der Waals surface area contributed by atoms with Crippen molar-refractivity contribution in [1.29, 1.82) is 5.41 Å². The van der Waals surface area contributed by atoms with Crippen molar-refractivity contribution < 1.29 is 4.79 Å². The number of hydrogen-bond acceptors (Lipinski definition) is 4. The molecule has 0 saturated heterocycles. The van der Waals surface area contributed by atoms with E-state index in [0.717, 1.165) is 47.6 Å². The number of rotatable bonds is 5. The Labute approximate surface area is 199 Å². The Morgan fingerprint density at radius 1 is 1.06 bits per heavy atom. The number of amides is 1. The zero-order valence-corrected chi connectivity index (χ0v) is 19.2. The van der Waals surface area contributed by atoms with Crippen molar-refractivity contribution in [2.75, 3.05) is 6.54 Å². The van der Waals surface area contributed by atoms with Crippen LogP contribution in [0.25, 0.3) is 10.8 Å². The Kier molecular flexibility index (Phi) is 5.85. The van der Waals surface area contributed by atoms with Crippen LogP contribution in [-0.4, -0.2) is 30.4 Å². The molecule has 1 amide bonds. The van der Waals surface area contributed by atoms with Crippen molar-refractivity contribution in [2.24, 2.45) is 11.5 Å². The molecule has 0 spiro atoms. The van der Waals surface area contributed by atoms with Gasteiger partial charge in [0, 0.05) is 34.8 Å². The molecule has 6 N–H and O–H groups in total. The van der Waals surface area contributed by atoms with Crippen LogP contribution in [0.3, 0.4) is 0 Å². The van der Waals surface area contributed by atoms with Crippen molar-refractivity contribution in [3.8, 4) is 0 Å². The molecule has 1 saturated carbocycles. The molecule has 0 aromatic heterocycles. The van der Waals surface area contributed by atoms with Gasteiger partial charge in [0.15, 0.2) is 0 Å². The van der Waals surface area contributed by atoms with Crippen LogP contribution in [-0.2, 0) is 11.3 Å². The van der Waals surface area contributed by atoms with Crippen molar-refractivity contribution >= 4 is 28.2 Å². The molecule has 7 heteroatoms. The zero-order valence-electron chi connectivity index (χ0n) is 19.2. The van der Waals surface area contributed by atoms with Gasteiger partial charge in [-0.05, 0) is 36.5 Å². The highest BCUT2D eigenvalue weighted by Gasteiger charge is 2.43. The van der Waals surface area contributed by atoms with Crippen molar-refractivity contribution in [2.45, 2.75) is 50.2 Å². The molecule has 7 nitrogen and oxygen atoms in total. The second kappa shape index (κ2) is 8.83. The van der Waals surface area contributed by atoms with Gasteiger partial charge in [0.25, 0.3) is 0 Å². The van der Waals surface area contributed by atoms with E-state index < -0.39 is 10.6 Å². The monoisotopic (exact) mass is 457 g/mol. The summed E-state index contributed by atoms with van der Waals surface area (Å²) in [6, 6.07) is 19.5. The van der Waals surface area contributed by atoms with E-state index in [2.05, 4.69) is 5.32 Å². The minimum Gasteiger partial charge on any atom is -0.627 e. The first kappa shape index (κ1) is 22.5. The molecular formula is C27H31N5O2. The molecule has 176 valence electrons. The lowest BCUT2D eigenvalue weighted by Gasteiger charge is -2.39. The van der Waals surface area contributed by atoms with E-state index in [9.17, 15) is 10.0 Å². The van der Waals surface area contributed by atoms with Gasteiger partial charge in [-0.15, -0.1) is 0 Å². The van der Waals surface area contributed by atoms with Crippen molar-refractivity contribution in [3.63, 3.8) is 0 Å². The second-order valence-electron chi connectivity index (χ2n) is 9.73. The van der Waals surface area contributed by atoms with Gasteiger partial charge in [-0.3, -0.25) is 10.2 Å². The Morgan fingerprint density at radius 3 is 2.56 bits per heavy atom. The summed E-state index contributed by atoms with van der Waals surface area (Å²) in [7, 11) is 0. The van der Waals surface area contributed by atoms with Crippen molar-refractivity contribution in [1.82, 2.24) is 9.96 Å². The van der Waals surface area contributed by atoms with Crippen LogP contribution in [0.15, 0.2) is 60.7 Å². The van der Waals surface area contributed by atoms with Gasteiger partial charge in [0.2, 0.25) is 5.91 Å². The maximum atomic E-state index is 14.4. The molecule has 1 aliphatic carbocycles. The first-order valence-electron chi connectivity index (χ1n) is 11.9. The fourth-order valence-corrected chi connectivity index (χ4v) is 5.50. The third kappa shape index (κ3) is 4.18. The third-order valence-corrected chi connectivity index (χ3v) is 7.37. The van der Waals surface area contributed by atoms with Gasteiger partial charge in [-0.1, -0.05) is 54.6 Å². The third-order valence-electron chi connectivity index (χ3n) is 7.37. The van der Waals surface area contributed by atoms with Gasteiger partial charge in [-0.25, -0.2) is 0 Å². The lowest BCUT2D eigenvalue weighted by Crippen LogP contribution is -2.46. The Bertz CT molecular complexity index is 1250. The summed E-state index contributed by atoms with van der Waals surface area (Å²) in [5.74, 6) is -0.740. The highest BCUT2D eigenvalue weighted by atomic mass is 16.5. The number of carbonyl (C=O) groups excluding carboxylic acids is 1. The summed E-state index contributed by atoms with van der Waals surface area (Å²) in [6.45, 7) is 0.329. The van der Waals surface area contributed by atoms with Crippen LogP contribution in [0.1, 0.15) is 48.3 Å².